The van der Waals surface area contributed by atoms with E-state index in [0.29, 0.717) is 12.1 Å². The summed E-state index contributed by atoms with van der Waals surface area (Å²) in [6.07, 6.45) is 0.881. The highest BCUT2D eigenvalue weighted by Gasteiger charge is 2.05. The summed E-state index contributed by atoms with van der Waals surface area (Å²) < 4.78 is 0. The molecule has 0 saturated heterocycles. The molecule has 0 aromatic heterocycles. The fourth-order valence-corrected chi connectivity index (χ4v) is 1.29. The van der Waals surface area contributed by atoms with Crippen molar-refractivity contribution in [2.45, 2.75) is 19.9 Å². The van der Waals surface area contributed by atoms with Gasteiger partial charge in [-0.25, -0.2) is 4.79 Å². The highest BCUT2D eigenvalue weighted by atomic mass is 16.4. The first kappa shape index (κ1) is 9.74. The lowest BCUT2D eigenvalue weighted by Gasteiger charge is -2.05. The Morgan fingerprint density at radius 3 is 2.62 bits per heavy atom. The fourth-order valence-electron chi connectivity index (χ4n) is 1.29. The van der Waals surface area contributed by atoms with Crippen LogP contribution in [0.3, 0.4) is 0 Å². The third-order valence-electron chi connectivity index (χ3n) is 2.05. The first-order valence-corrected chi connectivity index (χ1v) is 4.24. The number of aryl methyl sites for hydroxylation is 1. The Kier molecular flexibility index (Phi) is 3.03. The predicted molar refractivity (Wildman–Crippen MR) is 50.7 cm³/mol. The number of benzene rings is 1. The maximum atomic E-state index is 10.6. The van der Waals surface area contributed by atoms with Gasteiger partial charge in [-0.05, 0) is 29.7 Å². The van der Waals surface area contributed by atoms with E-state index in [1.165, 1.54) is 0 Å². The topological polar surface area (TPSA) is 63.3 Å². The quantitative estimate of drug-likeness (QED) is 0.737. The summed E-state index contributed by atoms with van der Waals surface area (Å²) in [6, 6.07) is 5.08. The zero-order valence-electron chi connectivity index (χ0n) is 7.58. The third-order valence-corrected chi connectivity index (χ3v) is 2.05. The van der Waals surface area contributed by atoms with Crippen LogP contribution in [0.15, 0.2) is 18.2 Å². The Labute approximate surface area is 77.2 Å². The maximum absolute atomic E-state index is 10.6. The minimum absolute atomic E-state index is 0.303. The van der Waals surface area contributed by atoms with Gasteiger partial charge in [0.1, 0.15) is 0 Å². The van der Waals surface area contributed by atoms with E-state index >= 15 is 0 Å². The lowest BCUT2D eigenvalue weighted by molar-refractivity contribution is 0.0697. The van der Waals surface area contributed by atoms with E-state index in [-0.39, 0.29) is 0 Å². The molecule has 1 aromatic rings. The van der Waals surface area contributed by atoms with Crippen molar-refractivity contribution in [3.63, 3.8) is 0 Å². The number of rotatable bonds is 3. The van der Waals surface area contributed by atoms with E-state index in [4.69, 9.17) is 10.8 Å². The largest absolute Gasteiger partial charge is 0.478 e. The molecule has 3 N–H and O–H groups in total. The molecule has 1 aromatic carbocycles. The van der Waals surface area contributed by atoms with E-state index in [2.05, 4.69) is 0 Å². The van der Waals surface area contributed by atoms with Crippen molar-refractivity contribution < 1.29 is 9.90 Å². The van der Waals surface area contributed by atoms with E-state index in [1.807, 2.05) is 13.0 Å². The van der Waals surface area contributed by atoms with Crippen molar-refractivity contribution >= 4 is 5.97 Å². The molecule has 0 unspecified atom stereocenters. The van der Waals surface area contributed by atoms with Gasteiger partial charge in [-0.1, -0.05) is 13.0 Å². The van der Waals surface area contributed by atoms with Crippen molar-refractivity contribution in [2.24, 2.45) is 5.73 Å². The standard InChI is InChI=1S/C10H13NO2/c1-2-7-3-4-8(10(12)13)5-9(7)6-11/h3-5H,2,6,11H2,1H3,(H,12,13). The normalized spacial score (nSPS) is 10.0. The van der Waals surface area contributed by atoms with Gasteiger partial charge in [0, 0.05) is 6.54 Å². The second-order valence-electron chi connectivity index (χ2n) is 2.85. The molecule has 0 aliphatic rings. The Hall–Kier alpha value is -1.35. The number of carbonyl (C=O) groups is 1. The summed E-state index contributed by atoms with van der Waals surface area (Å²) in [5, 5.41) is 8.73. The highest BCUT2D eigenvalue weighted by molar-refractivity contribution is 5.87. The minimum atomic E-state index is -0.905. The van der Waals surface area contributed by atoms with Crippen LogP contribution >= 0.6 is 0 Å². The number of hydrogen-bond acceptors (Lipinski definition) is 2. The summed E-state index contributed by atoms with van der Waals surface area (Å²) in [4.78, 5) is 10.6. The van der Waals surface area contributed by atoms with E-state index < -0.39 is 5.97 Å². The van der Waals surface area contributed by atoms with Gasteiger partial charge in [0.05, 0.1) is 5.56 Å². The minimum Gasteiger partial charge on any atom is -0.478 e. The molecule has 0 fully saturated rings. The zero-order valence-corrected chi connectivity index (χ0v) is 7.58. The lowest BCUT2D eigenvalue weighted by atomic mass is 10.0. The summed E-state index contributed by atoms with van der Waals surface area (Å²) >= 11 is 0. The molecule has 3 heteroatoms. The average molecular weight is 179 g/mol. The second kappa shape index (κ2) is 4.05. The zero-order chi connectivity index (χ0) is 9.84. The SMILES string of the molecule is CCc1ccc(C(=O)O)cc1CN. The van der Waals surface area contributed by atoms with E-state index in [1.54, 1.807) is 12.1 Å². The molecule has 13 heavy (non-hydrogen) atoms. The Bertz CT molecular complexity index is 321. The molecular formula is C10H13NO2. The van der Waals surface area contributed by atoms with Crippen LogP contribution in [0.1, 0.15) is 28.4 Å². The van der Waals surface area contributed by atoms with Gasteiger partial charge in [-0.15, -0.1) is 0 Å². The van der Waals surface area contributed by atoms with Gasteiger partial charge in [0.2, 0.25) is 0 Å². The van der Waals surface area contributed by atoms with Gasteiger partial charge >= 0.3 is 5.97 Å². The number of carboxylic acids is 1. The lowest BCUT2D eigenvalue weighted by Crippen LogP contribution is -2.04. The van der Waals surface area contributed by atoms with Gasteiger partial charge in [0.15, 0.2) is 0 Å². The van der Waals surface area contributed by atoms with Crippen LogP contribution in [0, 0.1) is 0 Å². The van der Waals surface area contributed by atoms with E-state index in [9.17, 15) is 4.79 Å². The Morgan fingerprint density at radius 1 is 1.46 bits per heavy atom. The smallest absolute Gasteiger partial charge is 0.335 e. The summed E-state index contributed by atoms with van der Waals surface area (Å²) in [5.74, 6) is -0.905. The molecule has 0 radical (unpaired) electrons. The molecule has 0 saturated carbocycles. The fraction of sp³-hybridized carbons (Fsp3) is 0.300. The predicted octanol–water partition coefficient (Wildman–Crippen LogP) is 1.41. The molecule has 3 nitrogen and oxygen atoms in total. The van der Waals surface area contributed by atoms with Crippen LogP contribution < -0.4 is 5.73 Å². The Morgan fingerprint density at radius 2 is 2.15 bits per heavy atom. The van der Waals surface area contributed by atoms with Crippen LogP contribution in [0.5, 0.6) is 0 Å². The van der Waals surface area contributed by atoms with Crippen LogP contribution in [0.4, 0.5) is 0 Å². The molecule has 0 atom stereocenters. The van der Waals surface area contributed by atoms with Crippen molar-refractivity contribution in [1.29, 1.82) is 0 Å². The molecule has 0 bridgehead atoms. The van der Waals surface area contributed by atoms with E-state index in [0.717, 1.165) is 17.5 Å². The molecule has 70 valence electrons. The molecule has 1 rings (SSSR count). The van der Waals surface area contributed by atoms with Crippen molar-refractivity contribution in [3.05, 3.63) is 34.9 Å². The van der Waals surface area contributed by atoms with Crippen molar-refractivity contribution in [1.82, 2.24) is 0 Å². The van der Waals surface area contributed by atoms with Gasteiger partial charge < -0.3 is 10.8 Å². The van der Waals surface area contributed by atoms with Gasteiger partial charge in [-0.2, -0.15) is 0 Å². The first-order chi connectivity index (χ1) is 6.19. The average Bonchev–Trinajstić information content (AvgIpc) is 2.16. The third kappa shape index (κ3) is 2.06. The molecule has 0 spiro atoms. The van der Waals surface area contributed by atoms with Crippen LogP contribution in [-0.4, -0.2) is 11.1 Å². The molecular weight excluding hydrogens is 166 g/mol. The second-order valence-corrected chi connectivity index (χ2v) is 2.85. The first-order valence-electron chi connectivity index (χ1n) is 4.24. The maximum Gasteiger partial charge on any atom is 0.335 e. The van der Waals surface area contributed by atoms with Crippen LogP contribution in [-0.2, 0) is 13.0 Å². The molecule has 0 aliphatic carbocycles. The highest BCUT2D eigenvalue weighted by Crippen LogP contribution is 2.12. The number of nitrogens with two attached hydrogens (primary N) is 1. The van der Waals surface area contributed by atoms with Crippen LogP contribution in [0.25, 0.3) is 0 Å². The number of aromatic carboxylic acids is 1. The van der Waals surface area contributed by atoms with Crippen LogP contribution in [0.2, 0.25) is 0 Å². The molecule has 0 amide bonds. The van der Waals surface area contributed by atoms with Crippen molar-refractivity contribution in [2.75, 3.05) is 0 Å². The summed E-state index contributed by atoms with van der Waals surface area (Å²) in [7, 11) is 0. The Balaban J connectivity index is 3.13. The number of carboxylic acid groups (broad SMARTS) is 1. The van der Waals surface area contributed by atoms with Gasteiger partial charge in [0.25, 0.3) is 0 Å². The summed E-state index contributed by atoms with van der Waals surface area (Å²) in [6.45, 7) is 2.42. The van der Waals surface area contributed by atoms with Crippen molar-refractivity contribution in [3.8, 4) is 0 Å². The summed E-state index contributed by atoms with van der Waals surface area (Å²) in [5.41, 5.74) is 7.84. The monoisotopic (exact) mass is 179 g/mol. The number of hydrogen-bond donors (Lipinski definition) is 2. The molecule has 0 aliphatic heterocycles. The molecule has 0 heterocycles. The van der Waals surface area contributed by atoms with Gasteiger partial charge in [-0.3, -0.25) is 0 Å².